The number of rotatable bonds is 11. The van der Waals surface area contributed by atoms with Crippen molar-refractivity contribution in [2.45, 2.75) is 16.4 Å². The first-order valence-corrected chi connectivity index (χ1v) is 10.3. The lowest BCUT2D eigenvalue weighted by Gasteiger charge is -2.05. The third-order valence-corrected chi connectivity index (χ3v) is 4.90. The summed E-state index contributed by atoms with van der Waals surface area (Å²) in [5, 5.41) is 8.98. The highest BCUT2D eigenvalue weighted by Crippen LogP contribution is 2.19. The molecule has 3 aromatic carbocycles. The predicted molar refractivity (Wildman–Crippen MR) is 106 cm³/mol. The van der Waals surface area contributed by atoms with Crippen LogP contribution in [0.4, 0.5) is 0 Å². The van der Waals surface area contributed by atoms with E-state index in [0.29, 0.717) is 10.5 Å². The summed E-state index contributed by atoms with van der Waals surface area (Å²) in [6.07, 6.45) is 0. The molecule has 1 atom stereocenters. The lowest BCUT2D eigenvalue weighted by Crippen LogP contribution is -2.06. The summed E-state index contributed by atoms with van der Waals surface area (Å²) in [6, 6.07) is 24.0. The van der Waals surface area contributed by atoms with Gasteiger partial charge in [-0.3, -0.25) is 4.89 Å². The molecule has 0 aliphatic carbocycles. The zero-order valence-corrected chi connectivity index (χ0v) is 17.0. The molecule has 1 unspecified atom stereocenters. The van der Waals surface area contributed by atoms with Gasteiger partial charge in [0.15, 0.2) is 0 Å². The molecule has 0 saturated heterocycles. The Morgan fingerprint density at radius 2 is 1.60 bits per heavy atom. The Morgan fingerprint density at radius 3 is 2.37 bits per heavy atom. The maximum atomic E-state index is 12.0. The highest BCUT2D eigenvalue weighted by atomic mass is 32.2. The zero-order chi connectivity index (χ0) is 21.0. The number of hydrogen-bond acceptors (Lipinski definition) is 9. The van der Waals surface area contributed by atoms with Gasteiger partial charge < -0.3 is 0 Å². The van der Waals surface area contributed by atoms with E-state index in [0.717, 1.165) is 16.9 Å². The maximum absolute atomic E-state index is 12.0. The van der Waals surface area contributed by atoms with E-state index in [-0.39, 0.29) is 12.2 Å². The summed E-state index contributed by atoms with van der Waals surface area (Å²) < 4.78 is 21.2. The standard InChI is InChI=1S/C20H16O8S2/c21-20(24-26-27-29-18-10-3-1-4-11-18)17-9-7-8-16(14-17)15-23-25-28-30(22)19-12-5-2-6-13-19/h1-14H,15H2. The molecule has 3 rings (SSSR count). The molecule has 0 heterocycles. The zero-order valence-electron chi connectivity index (χ0n) is 15.4. The quantitative estimate of drug-likeness (QED) is 0.182. The van der Waals surface area contributed by atoms with Crippen LogP contribution in [-0.2, 0) is 46.2 Å². The van der Waals surface area contributed by atoms with Crippen molar-refractivity contribution < 1.29 is 37.5 Å². The molecule has 0 spiro atoms. The molecule has 10 heteroatoms. The van der Waals surface area contributed by atoms with Crippen molar-refractivity contribution in [3.8, 4) is 0 Å². The summed E-state index contributed by atoms with van der Waals surface area (Å²) in [7, 11) is 0. The first kappa shape index (κ1) is 22.1. The molecule has 0 fully saturated rings. The monoisotopic (exact) mass is 448 g/mol. The Hall–Kier alpha value is -2.57. The van der Waals surface area contributed by atoms with Crippen LogP contribution in [0.15, 0.2) is 94.7 Å². The number of benzene rings is 3. The molecule has 156 valence electrons. The van der Waals surface area contributed by atoms with E-state index in [4.69, 9.17) is 9.22 Å². The van der Waals surface area contributed by atoms with Crippen LogP contribution in [0.1, 0.15) is 15.9 Å². The minimum Gasteiger partial charge on any atom is -0.262 e. The first-order valence-electron chi connectivity index (χ1n) is 8.52. The van der Waals surface area contributed by atoms with E-state index >= 15 is 0 Å². The second-order valence-electron chi connectivity index (χ2n) is 5.55. The average Bonchev–Trinajstić information content (AvgIpc) is 2.81. The van der Waals surface area contributed by atoms with Crippen molar-refractivity contribution in [1.82, 2.24) is 0 Å². The Kier molecular flexibility index (Phi) is 9.00. The third kappa shape index (κ3) is 7.35. The molecule has 8 nitrogen and oxygen atoms in total. The molecule has 0 saturated carbocycles. The SMILES string of the molecule is O=C(OOOSc1ccccc1)c1cccc(COOOS(=O)c2ccccc2)c1. The summed E-state index contributed by atoms with van der Waals surface area (Å²) >= 11 is -0.925. The van der Waals surface area contributed by atoms with Gasteiger partial charge in [-0.15, -0.1) is 4.33 Å². The predicted octanol–water partition coefficient (Wildman–Crippen LogP) is 4.52. The Morgan fingerprint density at radius 1 is 0.867 bits per heavy atom. The fourth-order valence-corrected chi connectivity index (χ4v) is 3.07. The maximum Gasteiger partial charge on any atom is 0.376 e. The normalized spacial score (nSPS) is 11.7. The molecule has 30 heavy (non-hydrogen) atoms. The largest absolute Gasteiger partial charge is 0.376 e. The number of hydrogen-bond donors (Lipinski definition) is 0. The van der Waals surface area contributed by atoms with Crippen molar-refractivity contribution in [1.29, 1.82) is 0 Å². The van der Waals surface area contributed by atoms with Crippen molar-refractivity contribution in [2.75, 3.05) is 0 Å². The van der Waals surface area contributed by atoms with Crippen molar-refractivity contribution in [3.63, 3.8) is 0 Å². The fourth-order valence-electron chi connectivity index (χ4n) is 2.12. The van der Waals surface area contributed by atoms with Gasteiger partial charge >= 0.3 is 5.97 Å². The van der Waals surface area contributed by atoms with Crippen LogP contribution in [0.2, 0.25) is 0 Å². The fraction of sp³-hybridized carbons (Fsp3) is 0.0500. The molecular weight excluding hydrogens is 432 g/mol. The molecule has 0 amide bonds. The van der Waals surface area contributed by atoms with Crippen LogP contribution in [-0.4, -0.2) is 10.2 Å². The van der Waals surface area contributed by atoms with Crippen LogP contribution in [0.5, 0.6) is 0 Å². The molecular formula is C20H16O8S2. The molecule has 0 aliphatic rings. The summed E-state index contributed by atoms with van der Waals surface area (Å²) in [5.74, 6) is -0.757. The Balaban J connectivity index is 1.38. The lowest BCUT2D eigenvalue weighted by molar-refractivity contribution is -0.469. The van der Waals surface area contributed by atoms with Gasteiger partial charge in [-0.05, 0) is 42.0 Å². The van der Waals surface area contributed by atoms with Crippen molar-refractivity contribution >= 4 is 29.1 Å². The molecule has 0 N–H and O–H groups in total. The molecule has 0 aliphatic heterocycles. The van der Waals surface area contributed by atoms with E-state index < -0.39 is 17.0 Å². The second kappa shape index (κ2) is 12.2. The van der Waals surface area contributed by atoms with Crippen molar-refractivity contribution in [2.24, 2.45) is 0 Å². The van der Waals surface area contributed by atoms with Gasteiger partial charge in [-0.25, -0.2) is 13.9 Å². The van der Waals surface area contributed by atoms with Gasteiger partial charge in [0.1, 0.15) is 6.61 Å². The minimum absolute atomic E-state index is 0.0612. The number of carbonyl (C=O) groups is 1. The van der Waals surface area contributed by atoms with Crippen LogP contribution in [0.3, 0.4) is 0 Å². The molecule has 0 aromatic heterocycles. The first-order chi connectivity index (χ1) is 14.7. The topological polar surface area (TPSA) is 89.5 Å². The lowest BCUT2D eigenvalue weighted by atomic mass is 10.1. The third-order valence-electron chi connectivity index (χ3n) is 3.47. The van der Waals surface area contributed by atoms with Gasteiger partial charge in [-0.2, -0.15) is 0 Å². The second-order valence-corrected chi connectivity index (χ2v) is 7.40. The van der Waals surface area contributed by atoms with Crippen LogP contribution < -0.4 is 0 Å². The summed E-state index contributed by atoms with van der Waals surface area (Å²) in [5.41, 5.74) is 0.788. The molecule has 3 aromatic rings. The Bertz CT molecular complexity index is 953. The van der Waals surface area contributed by atoms with Crippen molar-refractivity contribution in [3.05, 3.63) is 96.1 Å². The summed E-state index contributed by atoms with van der Waals surface area (Å²) in [4.78, 5) is 22.7. The smallest absolute Gasteiger partial charge is 0.262 e. The molecule has 0 radical (unpaired) electrons. The van der Waals surface area contributed by atoms with E-state index in [1.807, 2.05) is 18.2 Å². The van der Waals surface area contributed by atoms with Gasteiger partial charge in [-0.1, -0.05) is 57.9 Å². The van der Waals surface area contributed by atoms with E-state index in [1.54, 1.807) is 54.6 Å². The van der Waals surface area contributed by atoms with E-state index in [9.17, 15) is 9.00 Å². The average molecular weight is 448 g/mol. The summed E-state index contributed by atoms with van der Waals surface area (Å²) in [6.45, 7) is -0.0612. The minimum atomic E-state index is -1.83. The highest BCUT2D eigenvalue weighted by molar-refractivity contribution is 7.94. The van der Waals surface area contributed by atoms with Gasteiger partial charge in [0.2, 0.25) is 11.1 Å². The van der Waals surface area contributed by atoms with Gasteiger partial charge in [0, 0.05) is 9.93 Å². The highest BCUT2D eigenvalue weighted by Gasteiger charge is 2.11. The van der Waals surface area contributed by atoms with Gasteiger partial charge in [0.05, 0.1) is 22.5 Å². The van der Waals surface area contributed by atoms with Crippen LogP contribution in [0, 0.1) is 0 Å². The molecule has 0 bridgehead atoms. The van der Waals surface area contributed by atoms with Crippen LogP contribution >= 0.6 is 12.0 Å². The van der Waals surface area contributed by atoms with E-state index in [2.05, 4.69) is 19.3 Å². The van der Waals surface area contributed by atoms with Gasteiger partial charge in [0.25, 0.3) is 0 Å². The Labute approximate surface area is 179 Å². The number of carbonyl (C=O) groups excluding carboxylic acids is 1. The van der Waals surface area contributed by atoms with E-state index in [1.165, 1.54) is 12.1 Å². The van der Waals surface area contributed by atoms with Crippen LogP contribution in [0.25, 0.3) is 0 Å².